The molecule has 8 nitrogen and oxygen atoms in total. The summed E-state index contributed by atoms with van der Waals surface area (Å²) in [7, 11) is 1.38. The van der Waals surface area contributed by atoms with Crippen molar-refractivity contribution in [1.29, 1.82) is 0 Å². The minimum absolute atomic E-state index is 0.123. The van der Waals surface area contributed by atoms with Crippen molar-refractivity contribution in [3.63, 3.8) is 0 Å². The van der Waals surface area contributed by atoms with Gasteiger partial charge in [0.15, 0.2) is 0 Å². The van der Waals surface area contributed by atoms with E-state index < -0.39 is 41.0 Å². The molecule has 0 saturated carbocycles. The molecule has 3 amide bonds. The van der Waals surface area contributed by atoms with Crippen LogP contribution in [0.5, 0.6) is 5.75 Å². The van der Waals surface area contributed by atoms with Crippen LogP contribution >= 0.6 is 23.2 Å². The number of nitrogens with two attached hydrogens (primary N) is 1. The molecule has 2 aliphatic rings. The van der Waals surface area contributed by atoms with Gasteiger partial charge in [-0.15, -0.1) is 0 Å². The van der Waals surface area contributed by atoms with E-state index in [-0.39, 0.29) is 33.2 Å². The first-order chi connectivity index (χ1) is 19.8. The molecule has 3 aromatic rings. The molecular weight excluding hydrogens is 582 g/mol. The molecule has 2 heterocycles. The van der Waals surface area contributed by atoms with Crippen molar-refractivity contribution in [3.8, 4) is 5.75 Å². The average Bonchev–Trinajstić information content (AvgIpc) is 3.38. The van der Waals surface area contributed by atoms with Crippen molar-refractivity contribution in [1.82, 2.24) is 5.32 Å². The standard InChI is InChI=1S/C31H31Cl2FN4O4/c1-30(2,3)14-23-31(19-11-8-15(32)12-21(19)37-29(31)41)24(18-6-5-7-20(33)25(18)34)26(38-23)28(40)36-16-9-10-17(27(35)39)22(13-16)42-4/h5-13,23-24,26,38H,14H2,1-4H3,(H2,35,39)(H,36,40)(H,37,41)/t23-,24+,26+,31+/m1/s1. The number of nitrogens with one attached hydrogen (secondary N) is 3. The van der Waals surface area contributed by atoms with Gasteiger partial charge in [0.1, 0.15) is 17.0 Å². The second-order valence-electron chi connectivity index (χ2n) is 11.9. The van der Waals surface area contributed by atoms with E-state index in [1.807, 2.05) is 20.8 Å². The second-order valence-corrected chi connectivity index (χ2v) is 12.7. The summed E-state index contributed by atoms with van der Waals surface area (Å²) in [5.74, 6) is -3.09. The number of carbonyl (C=O) groups is 3. The van der Waals surface area contributed by atoms with E-state index in [1.165, 1.54) is 31.4 Å². The summed E-state index contributed by atoms with van der Waals surface area (Å²) in [6.07, 6.45) is 0.478. The molecule has 3 aromatic carbocycles. The molecule has 5 N–H and O–H groups in total. The summed E-state index contributed by atoms with van der Waals surface area (Å²) in [5.41, 5.74) is 5.50. The molecule has 1 spiro atoms. The molecule has 1 fully saturated rings. The molecule has 220 valence electrons. The Hall–Kier alpha value is -3.66. The minimum Gasteiger partial charge on any atom is -0.496 e. The maximum absolute atomic E-state index is 15.9. The van der Waals surface area contributed by atoms with Gasteiger partial charge in [0.2, 0.25) is 11.8 Å². The van der Waals surface area contributed by atoms with Crippen LogP contribution in [0.15, 0.2) is 54.6 Å². The first kappa shape index (κ1) is 29.8. The van der Waals surface area contributed by atoms with E-state index in [0.717, 1.165) is 0 Å². The number of methoxy groups -OCH3 is 1. The Morgan fingerprint density at radius 2 is 1.86 bits per heavy atom. The zero-order valence-corrected chi connectivity index (χ0v) is 25.0. The lowest BCUT2D eigenvalue weighted by Crippen LogP contribution is -2.49. The van der Waals surface area contributed by atoms with Crippen LogP contribution in [-0.2, 0) is 15.0 Å². The van der Waals surface area contributed by atoms with Gasteiger partial charge in [-0.2, -0.15) is 0 Å². The van der Waals surface area contributed by atoms with Gasteiger partial charge in [-0.3, -0.25) is 14.4 Å². The Morgan fingerprint density at radius 1 is 1.12 bits per heavy atom. The van der Waals surface area contributed by atoms with Gasteiger partial charge < -0.3 is 26.4 Å². The number of primary amides is 1. The summed E-state index contributed by atoms with van der Waals surface area (Å²) >= 11 is 12.5. The van der Waals surface area contributed by atoms with Crippen LogP contribution in [0.1, 0.15) is 54.6 Å². The molecular formula is C31H31Cl2FN4O4. The molecule has 0 aliphatic carbocycles. The van der Waals surface area contributed by atoms with E-state index in [2.05, 4.69) is 16.0 Å². The highest BCUT2D eigenvalue weighted by Gasteiger charge is 2.66. The van der Waals surface area contributed by atoms with Crippen molar-refractivity contribution in [2.45, 2.75) is 50.6 Å². The number of fused-ring (bicyclic) bond motifs is 2. The molecule has 0 aromatic heterocycles. The zero-order valence-electron chi connectivity index (χ0n) is 23.5. The Balaban J connectivity index is 1.69. The van der Waals surface area contributed by atoms with Crippen molar-refractivity contribution in [3.05, 3.63) is 87.2 Å². The average molecular weight is 614 g/mol. The Morgan fingerprint density at radius 3 is 2.52 bits per heavy atom. The van der Waals surface area contributed by atoms with E-state index in [0.29, 0.717) is 28.4 Å². The van der Waals surface area contributed by atoms with E-state index in [1.54, 1.807) is 30.3 Å². The third kappa shape index (κ3) is 4.99. The first-order valence-electron chi connectivity index (χ1n) is 13.4. The van der Waals surface area contributed by atoms with Gasteiger partial charge in [0.05, 0.1) is 23.7 Å². The lowest BCUT2D eigenvalue weighted by atomic mass is 9.62. The highest BCUT2D eigenvalue weighted by atomic mass is 35.5. The van der Waals surface area contributed by atoms with Crippen molar-refractivity contribution >= 4 is 52.3 Å². The molecule has 2 aliphatic heterocycles. The third-order valence-electron chi connectivity index (χ3n) is 7.96. The number of hydrogen-bond acceptors (Lipinski definition) is 5. The lowest BCUT2D eigenvalue weighted by Gasteiger charge is -2.37. The van der Waals surface area contributed by atoms with Gasteiger partial charge in [-0.25, -0.2) is 4.39 Å². The van der Waals surface area contributed by atoms with Crippen molar-refractivity contribution in [2.75, 3.05) is 17.7 Å². The fourth-order valence-electron chi connectivity index (χ4n) is 6.34. The maximum atomic E-state index is 15.9. The minimum atomic E-state index is -1.38. The lowest BCUT2D eigenvalue weighted by molar-refractivity contribution is -0.122. The van der Waals surface area contributed by atoms with Crippen molar-refractivity contribution in [2.24, 2.45) is 11.1 Å². The highest BCUT2D eigenvalue weighted by Crippen LogP contribution is 2.57. The molecule has 0 unspecified atom stereocenters. The van der Waals surface area contributed by atoms with Crippen LogP contribution in [0.3, 0.4) is 0 Å². The summed E-state index contributed by atoms with van der Waals surface area (Å²) in [4.78, 5) is 40.1. The summed E-state index contributed by atoms with van der Waals surface area (Å²) in [6.45, 7) is 6.10. The van der Waals surface area contributed by atoms with Crippen LogP contribution in [0.25, 0.3) is 0 Å². The van der Waals surface area contributed by atoms with Gasteiger partial charge in [0, 0.05) is 34.4 Å². The van der Waals surface area contributed by atoms with Crippen LogP contribution in [0.4, 0.5) is 15.8 Å². The van der Waals surface area contributed by atoms with Crippen molar-refractivity contribution < 1.29 is 23.5 Å². The summed E-state index contributed by atoms with van der Waals surface area (Å²) in [5, 5.41) is 9.53. The third-order valence-corrected chi connectivity index (χ3v) is 8.48. The Bertz CT molecular complexity index is 1610. The number of halogens is 3. The molecule has 5 rings (SSSR count). The number of benzene rings is 3. The van der Waals surface area contributed by atoms with Gasteiger partial charge in [-0.05, 0) is 53.3 Å². The van der Waals surface area contributed by atoms with Crippen LogP contribution in [0.2, 0.25) is 10.0 Å². The van der Waals surface area contributed by atoms with Gasteiger partial charge in [0.25, 0.3) is 5.91 Å². The fourth-order valence-corrected chi connectivity index (χ4v) is 6.70. The number of anilines is 2. The number of ether oxygens (including phenoxy) is 1. The van der Waals surface area contributed by atoms with Crippen LogP contribution < -0.4 is 26.4 Å². The topological polar surface area (TPSA) is 123 Å². The fraction of sp³-hybridized carbons (Fsp3) is 0.323. The first-order valence-corrected chi connectivity index (χ1v) is 14.1. The van der Waals surface area contributed by atoms with E-state index >= 15 is 4.39 Å². The normalized spacial score (nSPS) is 23.0. The summed E-state index contributed by atoms with van der Waals surface area (Å²) in [6, 6.07) is 12.5. The zero-order chi connectivity index (χ0) is 30.6. The monoisotopic (exact) mass is 612 g/mol. The predicted molar refractivity (Wildman–Crippen MR) is 161 cm³/mol. The number of hydrogen-bond donors (Lipinski definition) is 4. The predicted octanol–water partition coefficient (Wildman–Crippen LogP) is 5.63. The molecule has 1 saturated heterocycles. The van der Waals surface area contributed by atoms with Gasteiger partial charge >= 0.3 is 0 Å². The van der Waals surface area contributed by atoms with Gasteiger partial charge in [-0.1, -0.05) is 62.2 Å². The number of carbonyl (C=O) groups excluding carboxylic acids is 3. The van der Waals surface area contributed by atoms with Crippen LogP contribution in [-0.4, -0.2) is 36.9 Å². The number of rotatable bonds is 6. The Kier molecular flexibility index (Phi) is 7.72. The van der Waals surface area contributed by atoms with E-state index in [4.69, 9.17) is 33.7 Å². The molecule has 42 heavy (non-hydrogen) atoms. The summed E-state index contributed by atoms with van der Waals surface area (Å²) < 4.78 is 21.2. The Labute approximate surface area is 253 Å². The quantitative estimate of drug-likeness (QED) is 0.287. The maximum Gasteiger partial charge on any atom is 0.252 e. The number of amides is 3. The SMILES string of the molecule is COc1cc(NC(=O)[C@H]2N[C@H](CC(C)(C)C)[C@]3(C(=O)Nc4cc(Cl)ccc43)[C@H]2c2cccc(Cl)c2F)ccc1C(N)=O. The smallest absolute Gasteiger partial charge is 0.252 e. The molecule has 11 heteroatoms. The highest BCUT2D eigenvalue weighted by molar-refractivity contribution is 6.31. The largest absolute Gasteiger partial charge is 0.496 e. The van der Waals surface area contributed by atoms with E-state index in [9.17, 15) is 14.4 Å². The van der Waals surface area contributed by atoms with Crippen LogP contribution in [0, 0.1) is 11.2 Å². The molecule has 0 bridgehead atoms. The molecule has 4 atom stereocenters. The second kappa shape index (κ2) is 10.9. The molecule has 0 radical (unpaired) electrons.